The average Bonchev–Trinajstić information content (AvgIpc) is 2.58. The molecule has 1 heterocycles. The van der Waals surface area contributed by atoms with Crippen molar-refractivity contribution in [1.82, 2.24) is 0 Å². The second-order valence-corrected chi connectivity index (χ2v) is 6.32. The Balaban J connectivity index is 2.85. The highest BCUT2D eigenvalue weighted by molar-refractivity contribution is 4.92. The summed E-state index contributed by atoms with van der Waals surface area (Å²) in [5, 5.41) is 0. The van der Waals surface area contributed by atoms with Crippen LogP contribution in [0, 0.1) is 5.41 Å². The molecule has 1 aliphatic rings. The first-order valence-electron chi connectivity index (χ1n) is 7.54. The van der Waals surface area contributed by atoms with E-state index in [1.165, 1.54) is 0 Å². The van der Waals surface area contributed by atoms with Crippen LogP contribution in [0.25, 0.3) is 0 Å². The van der Waals surface area contributed by atoms with Gasteiger partial charge in [0.25, 0.3) is 12.9 Å². The van der Waals surface area contributed by atoms with E-state index in [0.29, 0.717) is 0 Å². The summed E-state index contributed by atoms with van der Waals surface area (Å²) < 4.78 is 190. The van der Waals surface area contributed by atoms with E-state index in [4.69, 9.17) is 0 Å². The minimum atomic E-state index is -6.08. The highest BCUT2D eigenvalue weighted by Gasteiger charge is 2.68. The summed E-state index contributed by atoms with van der Waals surface area (Å²) in [4.78, 5) is 0. The summed E-state index contributed by atoms with van der Waals surface area (Å²) >= 11 is 0. The summed E-state index contributed by atoms with van der Waals surface area (Å²) in [6.07, 6.45) is -30.3. The third kappa shape index (κ3) is 5.20. The molecule has 0 aromatic carbocycles. The molecular formula is C13H12F14O3. The summed E-state index contributed by atoms with van der Waals surface area (Å²) in [5.41, 5.74) is -2.29. The molecule has 3 nitrogen and oxygen atoms in total. The van der Waals surface area contributed by atoms with E-state index < -0.39 is 81.1 Å². The zero-order valence-electron chi connectivity index (χ0n) is 14.2. The van der Waals surface area contributed by atoms with E-state index in [-0.39, 0.29) is 0 Å². The number of hydrogen-bond donors (Lipinski definition) is 0. The van der Waals surface area contributed by atoms with E-state index in [1.807, 2.05) is 0 Å². The van der Waals surface area contributed by atoms with Gasteiger partial charge < -0.3 is 14.2 Å². The zero-order chi connectivity index (χ0) is 23.8. The van der Waals surface area contributed by atoms with E-state index in [1.54, 1.807) is 0 Å². The smallest absolute Gasteiger partial charge is 0.380 e. The molecule has 0 N–H and O–H groups in total. The Kier molecular flexibility index (Phi) is 7.90. The molecule has 1 fully saturated rings. The van der Waals surface area contributed by atoms with Gasteiger partial charge in [-0.05, 0) is 0 Å². The number of alkyl halides is 14. The van der Waals surface area contributed by atoms with Gasteiger partial charge in [-0.2, -0.15) is 35.1 Å². The first kappa shape index (κ1) is 26.9. The van der Waals surface area contributed by atoms with Gasteiger partial charge in [0, 0.05) is 0 Å². The fraction of sp³-hybridized carbons (Fsp3) is 1.00. The molecule has 0 aromatic heterocycles. The van der Waals surface area contributed by atoms with Crippen LogP contribution in [0.4, 0.5) is 61.5 Å². The Morgan fingerprint density at radius 3 is 1.13 bits per heavy atom. The minimum Gasteiger partial charge on any atom is -0.380 e. The van der Waals surface area contributed by atoms with Gasteiger partial charge >= 0.3 is 24.1 Å². The summed E-state index contributed by atoms with van der Waals surface area (Å²) in [5.74, 6) is -12.2. The van der Waals surface area contributed by atoms with Crippen molar-refractivity contribution >= 4 is 0 Å². The van der Waals surface area contributed by atoms with Crippen LogP contribution in [0.15, 0.2) is 0 Å². The van der Waals surface area contributed by atoms with Crippen LogP contribution in [-0.2, 0) is 14.2 Å². The van der Waals surface area contributed by atoms with Crippen LogP contribution in [0.2, 0.25) is 0 Å². The van der Waals surface area contributed by atoms with Crippen molar-refractivity contribution in [3.05, 3.63) is 0 Å². The van der Waals surface area contributed by atoms with Crippen LogP contribution < -0.4 is 0 Å². The molecule has 0 bridgehead atoms. The van der Waals surface area contributed by atoms with Gasteiger partial charge in [0.1, 0.15) is 0 Å². The second kappa shape index (κ2) is 8.80. The van der Waals surface area contributed by atoms with Crippen molar-refractivity contribution in [2.24, 2.45) is 5.41 Å². The molecule has 17 heteroatoms. The summed E-state index contributed by atoms with van der Waals surface area (Å²) in [6, 6.07) is 0. The van der Waals surface area contributed by atoms with Crippen LogP contribution in [0.3, 0.4) is 0 Å². The molecule has 0 amide bonds. The van der Waals surface area contributed by atoms with Crippen LogP contribution in [0.5, 0.6) is 0 Å². The maximum atomic E-state index is 13.3. The SMILES string of the molecule is FC(F)C(F)C(F)(F)C(F)(F)OCC1(COC(F)(F)C(F)(F)C(F)C(F)F)COC1. The number of rotatable bonds is 12. The second-order valence-electron chi connectivity index (χ2n) is 6.32. The Morgan fingerprint density at radius 1 is 0.633 bits per heavy atom. The molecule has 2 unspecified atom stereocenters. The quantitative estimate of drug-likeness (QED) is 0.378. The highest BCUT2D eigenvalue weighted by Crippen LogP contribution is 2.45. The van der Waals surface area contributed by atoms with Crippen molar-refractivity contribution in [2.45, 2.75) is 49.3 Å². The Labute approximate surface area is 158 Å². The maximum absolute atomic E-state index is 13.3. The van der Waals surface area contributed by atoms with Crippen molar-refractivity contribution in [2.75, 3.05) is 26.4 Å². The van der Waals surface area contributed by atoms with Crippen molar-refractivity contribution < 1.29 is 75.7 Å². The lowest BCUT2D eigenvalue weighted by Crippen LogP contribution is -2.58. The molecule has 0 aromatic rings. The van der Waals surface area contributed by atoms with Crippen molar-refractivity contribution in [1.29, 1.82) is 0 Å². The van der Waals surface area contributed by atoms with Gasteiger partial charge in [-0.1, -0.05) is 0 Å². The largest absolute Gasteiger partial charge is 0.422 e. The van der Waals surface area contributed by atoms with Gasteiger partial charge in [-0.3, -0.25) is 0 Å². The minimum absolute atomic E-state index is 0.919. The highest BCUT2D eigenvalue weighted by atomic mass is 19.3. The van der Waals surface area contributed by atoms with Gasteiger partial charge in [0.2, 0.25) is 12.3 Å². The predicted octanol–water partition coefficient (Wildman–Crippen LogP) is 4.70. The van der Waals surface area contributed by atoms with Gasteiger partial charge in [-0.25, -0.2) is 26.3 Å². The molecule has 180 valence electrons. The maximum Gasteiger partial charge on any atom is 0.422 e. The molecule has 0 saturated carbocycles. The van der Waals surface area contributed by atoms with Crippen LogP contribution >= 0.6 is 0 Å². The molecule has 30 heavy (non-hydrogen) atoms. The van der Waals surface area contributed by atoms with Gasteiger partial charge in [0.05, 0.1) is 31.8 Å². The fourth-order valence-electron chi connectivity index (χ4n) is 1.92. The van der Waals surface area contributed by atoms with Gasteiger partial charge in [-0.15, -0.1) is 0 Å². The summed E-state index contributed by atoms with van der Waals surface area (Å²) in [6.45, 7) is -5.39. The molecular weight excluding hydrogens is 470 g/mol. The van der Waals surface area contributed by atoms with Crippen molar-refractivity contribution in [3.63, 3.8) is 0 Å². The van der Waals surface area contributed by atoms with E-state index in [2.05, 4.69) is 14.2 Å². The molecule has 2 atom stereocenters. The first-order chi connectivity index (χ1) is 13.3. The third-order valence-electron chi connectivity index (χ3n) is 3.85. The van der Waals surface area contributed by atoms with Crippen molar-refractivity contribution in [3.8, 4) is 0 Å². The molecule has 1 rings (SSSR count). The molecule has 1 saturated heterocycles. The molecule has 0 radical (unpaired) electrons. The fourth-order valence-corrected chi connectivity index (χ4v) is 1.92. The lowest BCUT2D eigenvalue weighted by Gasteiger charge is -2.43. The summed E-state index contributed by atoms with van der Waals surface area (Å²) in [7, 11) is 0. The lowest BCUT2D eigenvalue weighted by atomic mass is 9.88. The zero-order valence-corrected chi connectivity index (χ0v) is 14.2. The predicted molar refractivity (Wildman–Crippen MR) is 66.7 cm³/mol. The van der Waals surface area contributed by atoms with E-state index >= 15 is 0 Å². The Bertz CT molecular complexity index is 521. The number of ether oxygens (including phenoxy) is 3. The van der Waals surface area contributed by atoms with E-state index in [0.717, 1.165) is 0 Å². The number of hydrogen-bond acceptors (Lipinski definition) is 3. The molecule has 0 spiro atoms. The molecule has 0 aliphatic carbocycles. The first-order valence-corrected chi connectivity index (χ1v) is 7.54. The lowest BCUT2D eigenvalue weighted by molar-refractivity contribution is -0.397. The Hall–Kier alpha value is -1.10. The Morgan fingerprint density at radius 2 is 0.933 bits per heavy atom. The normalized spacial score (nSPS) is 20.4. The number of halogens is 14. The third-order valence-corrected chi connectivity index (χ3v) is 3.85. The topological polar surface area (TPSA) is 27.7 Å². The van der Waals surface area contributed by atoms with Gasteiger partial charge in [0.15, 0.2) is 0 Å². The average molecular weight is 482 g/mol. The standard InChI is InChI=1S/C13H12F14O3/c14-5(7(16)17)10(20,21)12(24,25)29-3-9(1-28-2-9)4-30-13(26,27)11(22,23)6(15)8(18)19/h5-8H,1-4H2. The van der Waals surface area contributed by atoms with Crippen LogP contribution in [-0.4, -0.2) is 75.7 Å². The van der Waals surface area contributed by atoms with E-state index in [9.17, 15) is 61.5 Å². The molecule has 1 aliphatic heterocycles. The monoisotopic (exact) mass is 482 g/mol. The van der Waals surface area contributed by atoms with Crippen LogP contribution in [0.1, 0.15) is 0 Å².